The summed E-state index contributed by atoms with van der Waals surface area (Å²) in [6, 6.07) is 19.8. The van der Waals surface area contributed by atoms with Crippen molar-refractivity contribution in [2.75, 3.05) is 26.1 Å². The normalized spacial score (nSPS) is 17.7. The van der Waals surface area contributed by atoms with Gasteiger partial charge in [0.15, 0.2) is 0 Å². The lowest BCUT2D eigenvalue weighted by Gasteiger charge is -2.41. The van der Waals surface area contributed by atoms with Gasteiger partial charge < -0.3 is 24.7 Å². The first-order valence-electron chi connectivity index (χ1n) is 12.4. The highest BCUT2D eigenvalue weighted by Crippen LogP contribution is 2.59. The van der Waals surface area contributed by atoms with Gasteiger partial charge in [0.2, 0.25) is 0 Å². The molecule has 1 atom stereocenters. The van der Waals surface area contributed by atoms with Crippen molar-refractivity contribution in [3.63, 3.8) is 0 Å². The number of hydrogen-bond donors (Lipinski definition) is 2. The number of H-pyrrole nitrogens is 1. The first-order valence-corrected chi connectivity index (χ1v) is 12.4. The number of amides is 2. The Morgan fingerprint density at radius 3 is 2.28 bits per heavy atom. The fraction of sp³-hybridized carbons (Fsp3) is 0.300. The maximum absolute atomic E-state index is 14.0. The third kappa shape index (κ3) is 3.51. The first kappa shape index (κ1) is 22.5. The Balaban J connectivity index is 1.55. The van der Waals surface area contributed by atoms with E-state index in [1.165, 1.54) is 10.9 Å². The molecule has 0 saturated heterocycles. The maximum Gasteiger partial charge on any atom is 0.322 e. The van der Waals surface area contributed by atoms with E-state index in [2.05, 4.69) is 34.6 Å². The van der Waals surface area contributed by atoms with Crippen LogP contribution in [0.2, 0.25) is 0 Å². The molecule has 2 heterocycles. The van der Waals surface area contributed by atoms with E-state index in [0.29, 0.717) is 18.0 Å². The molecule has 6 rings (SSSR count). The molecular formula is C30H31N3O3. The summed E-state index contributed by atoms with van der Waals surface area (Å²) >= 11 is 0. The highest BCUT2D eigenvalue weighted by atomic mass is 16.5. The van der Waals surface area contributed by atoms with Crippen molar-refractivity contribution < 1.29 is 14.3 Å². The van der Waals surface area contributed by atoms with Crippen LogP contribution in [0.25, 0.3) is 10.9 Å². The number of ether oxygens (including phenoxy) is 2. The summed E-state index contributed by atoms with van der Waals surface area (Å²) in [5, 5.41) is 4.42. The Morgan fingerprint density at radius 1 is 0.972 bits per heavy atom. The van der Waals surface area contributed by atoms with E-state index < -0.39 is 6.04 Å². The fourth-order valence-corrected chi connectivity index (χ4v) is 6.03. The van der Waals surface area contributed by atoms with E-state index in [0.717, 1.165) is 46.4 Å². The minimum atomic E-state index is -0.393. The molecule has 0 bridgehead atoms. The Bertz CT molecular complexity index is 1440. The molecule has 2 N–H and O–H groups in total. The third-order valence-electron chi connectivity index (χ3n) is 7.65. The molecule has 1 fully saturated rings. The zero-order valence-electron chi connectivity index (χ0n) is 21.1. The molecule has 2 amide bonds. The molecule has 4 aromatic rings. The molecule has 1 aliphatic heterocycles. The van der Waals surface area contributed by atoms with Crippen LogP contribution < -0.4 is 14.8 Å². The number of aryl methyl sites for hydroxylation is 2. The molecule has 2 aliphatic rings. The smallest absolute Gasteiger partial charge is 0.322 e. The van der Waals surface area contributed by atoms with Crippen LogP contribution >= 0.6 is 0 Å². The Hall–Kier alpha value is -3.93. The number of benzene rings is 3. The van der Waals surface area contributed by atoms with Crippen molar-refractivity contribution in [2.24, 2.45) is 0 Å². The Kier molecular flexibility index (Phi) is 5.21. The summed E-state index contributed by atoms with van der Waals surface area (Å²) in [6.07, 6.45) is 2.12. The quantitative estimate of drug-likeness (QED) is 0.351. The number of fused-ring (bicyclic) bond motifs is 4. The van der Waals surface area contributed by atoms with Gasteiger partial charge in [-0.05, 0) is 73.7 Å². The molecular weight excluding hydrogens is 450 g/mol. The molecule has 3 aromatic carbocycles. The first-order chi connectivity index (χ1) is 17.4. The summed E-state index contributed by atoms with van der Waals surface area (Å²) < 4.78 is 11.6. The van der Waals surface area contributed by atoms with Gasteiger partial charge in [0.25, 0.3) is 0 Å². The van der Waals surface area contributed by atoms with Gasteiger partial charge in [-0.1, -0.05) is 30.3 Å². The van der Waals surface area contributed by atoms with Gasteiger partial charge in [0.05, 0.1) is 19.8 Å². The number of hydrogen-bond acceptors (Lipinski definition) is 3. The van der Waals surface area contributed by atoms with Crippen molar-refractivity contribution in [1.29, 1.82) is 0 Å². The number of nitrogens with zero attached hydrogens (tertiary/aromatic N) is 1. The topological polar surface area (TPSA) is 66.6 Å². The second-order valence-corrected chi connectivity index (χ2v) is 10.2. The predicted octanol–water partition coefficient (Wildman–Crippen LogP) is 6.47. The zero-order chi connectivity index (χ0) is 25.0. The van der Waals surface area contributed by atoms with Gasteiger partial charge in [-0.3, -0.25) is 0 Å². The molecule has 1 aromatic heterocycles. The molecule has 6 nitrogen and oxygen atoms in total. The number of aromatic amines is 1. The lowest BCUT2D eigenvalue weighted by atomic mass is 9.83. The average Bonchev–Trinajstić information content (AvgIpc) is 3.51. The summed E-state index contributed by atoms with van der Waals surface area (Å²) in [5.41, 5.74) is 7.29. The van der Waals surface area contributed by atoms with E-state index in [1.54, 1.807) is 14.2 Å². The van der Waals surface area contributed by atoms with E-state index in [-0.39, 0.29) is 11.4 Å². The van der Waals surface area contributed by atoms with Gasteiger partial charge in [0.1, 0.15) is 17.5 Å². The highest BCUT2D eigenvalue weighted by molar-refractivity contribution is 5.93. The number of anilines is 1. The van der Waals surface area contributed by atoms with E-state index in [4.69, 9.17) is 9.47 Å². The van der Waals surface area contributed by atoms with Gasteiger partial charge in [-0.2, -0.15) is 0 Å². The maximum atomic E-state index is 14.0. The number of aromatic nitrogens is 1. The number of methoxy groups -OCH3 is 2. The number of carbonyl (C=O) groups is 1. The van der Waals surface area contributed by atoms with Crippen LogP contribution in [-0.2, 0) is 5.41 Å². The van der Waals surface area contributed by atoms with Crippen molar-refractivity contribution in [2.45, 2.75) is 38.1 Å². The minimum Gasteiger partial charge on any atom is -0.496 e. The summed E-state index contributed by atoms with van der Waals surface area (Å²) in [7, 11) is 3.32. The number of urea groups is 1. The number of para-hydroxylation sites is 1. The van der Waals surface area contributed by atoms with Crippen LogP contribution in [0, 0.1) is 13.8 Å². The molecule has 1 aliphatic carbocycles. The monoisotopic (exact) mass is 481 g/mol. The van der Waals surface area contributed by atoms with Crippen LogP contribution in [-0.4, -0.2) is 36.7 Å². The zero-order valence-corrected chi connectivity index (χ0v) is 21.1. The van der Waals surface area contributed by atoms with Crippen LogP contribution in [0.1, 0.15) is 46.8 Å². The van der Waals surface area contributed by atoms with Crippen LogP contribution in [0.15, 0.2) is 60.7 Å². The molecule has 184 valence electrons. The Labute approximate surface area is 211 Å². The van der Waals surface area contributed by atoms with Crippen molar-refractivity contribution in [3.8, 4) is 11.5 Å². The lowest BCUT2D eigenvalue weighted by Crippen LogP contribution is -2.47. The van der Waals surface area contributed by atoms with E-state index >= 15 is 0 Å². The lowest BCUT2D eigenvalue weighted by molar-refractivity contribution is 0.179. The SMILES string of the molecule is COc1cccc(OC)c1C1c2[nH]c3ccccc3c2C2(CC2)CN1C(=O)Nc1cc(C)cc(C)c1. The summed E-state index contributed by atoms with van der Waals surface area (Å²) in [4.78, 5) is 19.7. The predicted molar refractivity (Wildman–Crippen MR) is 142 cm³/mol. The fourth-order valence-electron chi connectivity index (χ4n) is 6.03. The van der Waals surface area contributed by atoms with E-state index in [9.17, 15) is 4.79 Å². The molecule has 0 radical (unpaired) electrons. The van der Waals surface area contributed by atoms with Crippen LogP contribution in [0.4, 0.5) is 10.5 Å². The highest BCUT2D eigenvalue weighted by Gasteiger charge is 2.55. The van der Waals surface area contributed by atoms with E-state index in [1.807, 2.05) is 55.1 Å². The molecule has 6 heteroatoms. The van der Waals surface area contributed by atoms with Gasteiger partial charge >= 0.3 is 6.03 Å². The number of carbonyl (C=O) groups excluding carboxylic acids is 1. The van der Waals surface area contributed by atoms with Gasteiger partial charge in [-0.25, -0.2) is 4.79 Å². The largest absolute Gasteiger partial charge is 0.496 e. The van der Waals surface area contributed by atoms with Crippen LogP contribution in [0.3, 0.4) is 0 Å². The van der Waals surface area contributed by atoms with Gasteiger partial charge in [-0.15, -0.1) is 0 Å². The van der Waals surface area contributed by atoms with Crippen molar-refractivity contribution in [3.05, 3.63) is 88.6 Å². The second-order valence-electron chi connectivity index (χ2n) is 10.2. The average molecular weight is 482 g/mol. The standard InChI is InChI=1S/C30H31N3O3/c1-18-14-19(2)16-20(15-18)31-29(34)33-17-30(12-13-30)26-21-8-5-6-9-22(21)32-27(26)28(33)25-23(35-3)10-7-11-24(25)36-4/h5-11,14-16,28,32H,12-13,17H2,1-4H3,(H,31,34). The molecule has 1 spiro atoms. The Morgan fingerprint density at radius 2 is 1.64 bits per heavy atom. The molecule has 1 saturated carbocycles. The second kappa shape index (κ2) is 8.33. The van der Waals surface area contributed by atoms with Gasteiger partial charge in [0, 0.05) is 34.2 Å². The summed E-state index contributed by atoms with van der Waals surface area (Å²) in [6.45, 7) is 4.72. The summed E-state index contributed by atoms with van der Waals surface area (Å²) in [5.74, 6) is 1.39. The number of rotatable bonds is 4. The van der Waals surface area contributed by atoms with Crippen molar-refractivity contribution in [1.82, 2.24) is 9.88 Å². The molecule has 36 heavy (non-hydrogen) atoms. The van der Waals surface area contributed by atoms with Crippen molar-refractivity contribution >= 4 is 22.6 Å². The third-order valence-corrected chi connectivity index (χ3v) is 7.65. The number of nitrogens with one attached hydrogen (secondary N) is 2. The van der Waals surface area contributed by atoms with Crippen LogP contribution in [0.5, 0.6) is 11.5 Å². The molecule has 1 unspecified atom stereocenters. The minimum absolute atomic E-state index is 0.0411.